The molecule has 0 bridgehead atoms. The van der Waals surface area contributed by atoms with Crippen LogP contribution in [0.3, 0.4) is 0 Å². The molecule has 1 aromatic rings. The van der Waals surface area contributed by atoms with E-state index in [-0.39, 0.29) is 28.6 Å². The van der Waals surface area contributed by atoms with E-state index in [2.05, 4.69) is 0 Å². The summed E-state index contributed by atoms with van der Waals surface area (Å²) >= 11 is 0. The Hall–Kier alpha value is -1.80. The normalized spacial score (nSPS) is 16.1. The molecule has 1 aliphatic heterocycles. The van der Waals surface area contributed by atoms with Crippen LogP contribution in [0.4, 0.5) is 0 Å². The molecule has 0 spiro atoms. The molecule has 8 heteroatoms. The zero-order valence-electron chi connectivity index (χ0n) is 13.2. The third kappa shape index (κ3) is 3.59. The van der Waals surface area contributed by atoms with Gasteiger partial charge in [-0.05, 0) is 25.8 Å². The molecule has 1 aliphatic rings. The fourth-order valence-corrected chi connectivity index (χ4v) is 4.27. The number of hydrogen-bond donors (Lipinski definition) is 1. The van der Waals surface area contributed by atoms with Crippen LogP contribution in [0.15, 0.2) is 17.0 Å². The molecule has 23 heavy (non-hydrogen) atoms. The summed E-state index contributed by atoms with van der Waals surface area (Å²) in [7, 11) is -2.46. The first-order valence-electron chi connectivity index (χ1n) is 7.50. The van der Waals surface area contributed by atoms with E-state index in [9.17, 15) is 18.3 Å². The third-order valence-corrected chi connectivity index (χ3v) is 5.65. The SMILES string of the molecule is CCOc1cc(OC)c(S(=O)(=O)N2CCCCC2)cc1C(=O)O. The first kappa shape index (κ1) is 17.6. The maximum Gasteiger partial charge on any atom is 0.339 e. The number of ether oxygens (including phenoxy) is 2. The Labute approximate surface area is 135 Å². The van der Waals surface area contributed by atoms with Gasteiger partial charge < -0.3 is 14.6 Å². The van der Waals surface area contributed by atoms with Crippen molar-refractivity contribution in [3.05, 3.63) is 17.7 Å². The van der Waals surface area contributed by atoms with Crippen LogP contribution >= 0.6 is 0 Å². The number of rotatable bonds is 6. The van der Waals surface area contributed by atoms with Gasteiger partial charge in [-0.1, -0.05) is 6.42 Å². The van der Waals surface area contributed by atoms with Crippen LogP contribution in [0.25, 0.3) is 0 Å². The van der Waals surface area contributed by atoms with Gasteiger partial charge in [0.1, 0.15) is 22.0 Å². The van der Waals surface area contributed by atoms with Gasteiger partial charge in [-0.25, -0.2) is 13.2 Å². The number of sulfonamides is 1. The fourth-order valence-electron chi connectivity index (χ4n) is 2.59. The Morgan fingerprint density at radius 3 is 2.39 bits per heavy atom. The van der Waals surface area contributed by atoms with E-state index in [1.807, 2.05) is 0 Å². The summed E-state index contributed by atoms with van der Waals surface area (Å²) in [6.07, 6.45) is 2.58. The topological polar surface area (TPSA) is 93.1 Å². The average molecular weight is 343 g/mol. The molecule has 0 atom stereocenters. The largest absolute Gasteiger partial charge is 0.495 e. The molecule has 0 unspecified atom stereocenters. The molecule has 0 aromatic heterocycles. The first-order valence-corrected chi connectivity index (χ1v) is 8.94. The number of hydrogen-bond acceptors (Lipinski definition) is 5. The molecule has 2 rings (SSSR count). The number of carbonyl (C=O) groups is 1. The summed E-state index contributed by atoms with van der Waals surface area (Å²) in [5, 5.41) is 9.33. The van der Waals surface area contributed by atoms with E-state index in [4.69, 9.17) is 9.47 Å². The molecular weight excluding hydrogens is 322 g/mol. The summed E-state index contributed by atoms with van der Waals surface area (Å²) in [5.41, 5.74) is -0.191. The molecule has 0 amide bonds. The van der Waals surface area contributed by atoms with Crippen molar-refractivity contribution in [1.29, 1.82) is 0 Å². The maximum atomic E-state index is 12.8. The molecular formula is C15H21NO6S. The number of carboxylic acid groups (broad SMARTS) is 1. The minimum absolute atomic E-state index is 0.0871. The summed E-state index contributed by atoms with van der Waals surface area (Å²) in [5.74, 6) is -1.07. The molecule has 0 radical (unpaired) electrons. The van der Waals surface area contributed by atoms with Gasteiger partial charge in [-0.3, -0.25) is 0 Å². The van der Waals surface area contributed by atoms with Crippen LogP contribution < -0.4 is 9.47 Å². The zero-order valence-corrected chi connectivity index (χ0v) is 14.1. The molecule has 7 nitrogen and oxygen atoms in total. The Morgan fingerprint density at radius 1 is 1.22 bits per heavy atom. The van der Waals surface area contributed by atoms with E-state index in [1.165, 1.54) is 17.5 Å². The molecule has 1 aromatic carbocycles. The third-order valence-electron chi connectivity index (χ3n) is 3.73. The van der Waals surface area contributed by atoms with Gasteiger partial charge in [0.05, 0.1) is 13.7 Å². The zero-order chi connectivity index (χ0) is 17.0. The number of benzene rings is 1. The second kappa shape index (κ2) is 7.18. The standard InChI is InChI=1S/C15H21NO6S/c1-3-22-12-10-13(21-2)14(9-11(12)15(17)18)23(19,20)16-7-5-4-6-8-16/h9-10H,3-8H2,1-2H3,(H,17,18). The van der Waals surface area contributed by atoms with Crippen LogP contribution in [0, 0.1) is 0 Å². The molecule has 1 heterocycles. The quantitative estimate of drug-likeness (QED) is 0.849. The summed E-state index contributed by atoms with van der Waals surface area (Å²) in [6, 6.07) is 2.44. The number of aromatic carboxylic acids is 1. The Morgan fingerprint density at radius 2 is 1.87 bits per heavy atom. The highest BCUT2D eigenvalue weighted by molar-refractivity contribution is 7.89. The van der Waals surface area contributed by atoms with Crippen molar-refractivity contribution in [1.82, 2.24) is 4.31 Å². The van der Waals surface area contributed by atoms with E-state index >= 15 is 0 Å². The fraction of sp³-hybridized carbons (Fsp3) is 0.533. The van der Waals surface area contributed by atoms with Crippen LogP contribution in [0.1, 0.15) is 36.5 Å². The predicted molar refractivity (Wildman–Crippen MR) is 83.7 cm³/mol. The lowest BCUT2D eigenvalue weighted by molar-refractivity contribution is 0.0692. The smallest absolute Gasteiger partial charge is 0.339 e. The Balaban J connectivity index is 2.55. The summed E-state index contributed by atoms with van der Waals surface area (Å²) in [6.45, 7) is 2.85. The number of carboxylic acids is 1. The van der Waals surface area contributed by atoms with Crippen LogP contribution in [0.2, 0.25) is 0 Å². The van der Waals surface area contributed by atoms with Gasteiger partial charge in [0.2, 0.25) is 10.0 Å². The number of piperidine rings is 1. The van der Waals surface area contributed by atoms with Gasteiger partial charge in [-0.15, -0.1) is 0 Å². The Bertz CT molecular complexity index is 679. The van der Waals surface area contributed by atoms with Crippen molar-refractivity contribution in [3.63, 3.8) is 0 Å². The second-order valence-electron chi connectivity index (χ2n) is 5.20. The molecule has 128 valence electrons. The van der Waals surface area contributed by atoms with E-state index in [0.29, 0.717) is 13.1 Å². The minimum atomic E-state index is -3.80. The van der Waals surface area contributed by atoms with Crippen molar-refractivity contribution >= 4 is 16.0 Å². The highest BCUT2D eigenvalue weighted by atomic mass is 32.2. The van der Waals surface area contributed by atoms with Crippen molar-refractivity contribution in [2.45, 2.75) is 31.1 Å². The van der Waals surface area contributed by atoms with Gasteiger partial charge in [0.15, 0.2) is 0 Å². The summed E-state index contributed by atoms with van der Waals surface area (Å²) < 4.78 is 37.5. The van der Waals surface area contributed by atoms with Gasteiger partial charge in [0.25, 0.3) is 0 Å². The number of methoxy groups -OCH3 is 1. The highest BCUT2D eigenvalue weighted by Crippen LogP contribution is 2.34. The molecule has 1 saturated heterocycles. The molecule has 0 aliphatic carbocycles. The molecule has 0 saturated carbocycles. The van der Waals surface area contributed by atoms with Crippen molar-refractivity contribution in [2.24, 2.45) is 0 Å². The van der Waals surface area contributed by atoms with Crippen molar-refractivity contribution in [2.75, 3.05) is 26.8 Å². The lowest BCUT2D eigenvalue weighted by Crippen LogP contribution is -2.35. The lowest BCUT2D eigenvalue weighted by Gasteiger charge is -2.27. The highest BCUT2D eigenvalue weighted by Gasteiger charge is 2.31. The Kier molecular flexibility index (Phi) is 5.48. The van der Waals surface area contributed by atoms with E-state index in [0.717, 1.165) is 25.3 Å². The van der Waals surface area contributed by atoms with Crippen molar-refractivity contribution in [3.8, 4) is 11.5 Å². The van der Waals surface area contributed by atoms with Gasteiger partial charge >= 0.3 is 5.97 Å². The van der Waals surface area contributed by atoms with Crippen molar-refractivity contribution < 1.29 is 27.8 Å². The molecule has 1 N–H and O–H groups in total. The summed E-state index contributed by atoms with van der Waals surface area (Å²) in [4.78, 5) is 11.3. The van der Waals surface area contributed by atoms with Crippen LogP contribution in [-0.2, 0) is 10.0 Å². The van der Waals surface area contributed by atoms with Crippen LogP contribution in [0.5, 0.6) is 11.5 Å². The predicted octanol–water partition coefficient (Wildman–Crippen LogP) is 1.97. The minimum Gasteiger partial charge on any atom is -0.495 e. The molecule has 1 fully saturated rings. The second-order valence-corrected chi connectivity index (χ2v) is 7.11. The van der Waals surface area contributed by atoms with Gasteiger partial charge in [0, 0.05) is 19.2 Å². The monoisotopic (exact) mass is 343 g/mol. The maximum absolute atomic E-state index is 12.8. The van der Waals surface area contributed by atoms with E-state index < -0.39 is 16.0 Å². The van der Waals surface area contributed by atoms with Gasteiger partial charge in [-0.2, -0.15) is 4.31 Å². The first-order chi connectivity index (χ1) is 10.9. The van der Waals surface area contributed by atoms with Crippen LogP contribution in [-0.4, -0.2) is 50.6 Å². The average Bonchev–Trinajstić information content (AvgIpc) is 2.55. The lowest BCUT2D eigenvalue weighted by atomic mass is 10.2. The van der Waals surface area contributed by atoms with E-state index in [1.54, 1.807) is 6.92 Å². The number of nitrogens with zero attached hydrogens (tertiary/aromatic N) is 1.